The number of aryl methyl sites for hydroxylation is 2. The molecule has 5 nitrogen and oxygen atoms in total. The summed E-state index contributed by atoms with van der Waals surface area (Å²) in [7, 11) is -3.58. The Morgan fingerprint density at radius 2 is 1.79 bits per heavy atom. The lowest BCUT2D eigenvalue weighted by molar-refractivity contribution is 0.0954. The first-order chi connectivity index (χ1) is 11.3. The van der Waals surface area contributed by atoms with Crippen molar-refractivity contribution < 1.29 is 13.2 Å². The molecule has 0 saturated carbocycles. The summed E-state index contributed by atoms with van der Waals surface area (Å²) in [5.74, 6) is -0.248. The van der Waals surface area contributed by atoms with Gasteiger partial charge < -0.3 is 5.32 Å². The summed E-state index contributed by atoms with van der Waals surface area (Å²) in [5.41, 5.74) is 2.47. The second-order valence-electron chi connectivity index (χ2n) is 5.41. The van der Waals surface area contributed by atoms with Gasteiger partial charge >= 0.3 is 0 Å². The van der Waals surface area contributed by atoms with E-state index in [4.69, 9.17) is 0 Å². The minimum atomic E-state index is -3.58. The number of halogens is 1. The van der Waals surface area contributed by atoms with Crippen molar-refractivity contribution in [3.8, 4) is 0 Å². The van der Waals surface area contributed by atoms with E-state index < -0.39 is 10.0 Å². The molecule has 0 spiro atoms. The van der Waals surface area contributed by atoms with Crippen LogP contribution in [0.3, 0.4) is 0 Å². The quantitative estimate of drug-likeness (QED) is 0.718. The molecule has 2 aromatic rings. The molecule has 2 aromatic carbocycles. The van der Waals surface area contributed by atoms with Crippen LogP contribution in [0, 0.1) is 13.8 Å². The Morgan fingerprint density at radius 1 is 1.04 bits per heavy atom. The zero-order chi connectivity index (χ0) is 17.7. The maximum Gasteiger partial charge on any atom is 0.251 e. The van der Waals surface area contributed by atoms with Crippen molar-refractivity contribution in [2.75, 3.05) is 13.1 Å². The van der Waals surface area contributed by atoms with E-state index in [9.17, 15) is 13.2 Å². The molecule has 0 saturated heterocycles. The third-order valence-corrected chi connectivity index (χ3v) is 5.53. The SMILES string of the molecule is Cc1ccc(S(=O)(=O)NCCNC(=O)c2cccc(Br)c2)cc1C. The first-order valence-corrected chi connectivity index (χ1v) is 9.68. The first kappa shape index (κ1) is 18.6. The largest absolute Gasteiger partial charge is 0.351 e. The minimum absolute atomic E-state index is 0.120. The number of rotatable bonds is 6. The average molecular weight is 411 g/mol. The van der Waals surface area contributed by atoms with Crippen molar-refractivity contribution in [2.24, 2.45) is 0 Å². The highest BCUT2D eigenvalue weighted by atomic mass is 79.9. The molecule has 0 heterocycles. The second kappa shape index (κ2) is 7.92. The van der Waals surface area contributed by atoms with Gasteiger partial charge in [0.15, 0.2) is 0 Å². The van der Waals surface area contributed by atoms with Crippen LogP contribution in [0.4, 0.5) is 0 Å². The number of carbonyl (C=O) groups is 1. The number of nitrogens with one attached hydrogen (secondary N) is 2. The normalized spacial score (nSPS) is 11.3. The fourth-order valence-corrected chi connectivity index (χ4v) is 3.57. The predicted octanol–water partition coefficient (Wildman–Crippen LogP) is 2.77. The minimum Gasteiger partial charge on any atom is -0.351 e. The van der Waals surface area contributed by atoms with Gasteiger partial charge in [-0.15, -0.1) is 0 Å². The van der Waals surface area contributed by atoms with Crippen LogP contribution in [-0.2, 0) is 10.0 Å². The molecule has 128 valence electrons. The van der Waals surface area contributed by atoms with Crippen molar-refractivity contribution in [1.29, 1.82) is 0 Å². The van der Waals surface area contributed by atoms with Crippen molar-refractivity contribution in [2.45, 2.75) is 18.7 Å². The Labute approximate surface area is 150 Å². The molecule has 1 amide bonds. The molecule has 0 radical (unpaired) electrons. The molecule has 0 aromatic heterocycles. The highest BCUT2D eigenvalue weighted by Crippen LogP contribution is 2.14. The van der Waals surface area contributed by atoms with Gasteiger partial charge in [0.1, 0.15) is 0 Å². The molecule has 0 aliphatic carbocycles. The molecule has 2 N–H and O–H groups in total. The van der Waals surface area contributed by atoms with Crippen LogP contribution in [0.2, 0.25) is 0 Å². The molecule has 0 bridgehead atoms. The van der Waals surface area contributed by atoms with Gasteiger partial charge in [-0.3, -0.25) is 4.79 Å². The van der Waals surface area contributed by atoms with Crippen LogP contribution in [0.15, 0.2) is 51.8 Å². The Bertz CT molecular complexity index is 851. The second-order valence-corrected chi connectivity index (χ2v) is 8.09. The molecule has 0 atom stereocenters. The molecule has 0 aliphatic heterocycles. The third-order valence-electron chi connectivity index (χ3n) is 3.58. The van der Waals surface area contributed by atoms with E-state index in [-0.39, 0.29) is 23.9 Å². The average Bonchev–Trinajstić information content (AvgIpc) is 2.54. The van der Waals surface area contributed by atoms with Crippen LogP contribution in [0.25, 0.3) is 0 Å². The van der Waals surface area contributed by atoms with Crippen LogP contribution < -0.4 is 10.0 Å². The number of amides is 1. The summed E-state index contributed by atoms with van der Waals surface area (Å²) in [6.45, 7) is 4.12. The summed E-state index contributed by atoms with van der Waals surface area (Å²) >= 11 is 3.30. The van der Waals surface area contributed by atoms with E-state index in [2.05, 4.69) is 26.0 Å². The highest BCUT2D eigenvalue weighted by Gasteiger charge is 2.14. The van der Waals surface area contributed by atoms with Gasteiger partial charge in [0.25, 0.3) is 5.91 Å². The zero-order valence-corrected chi connectivity index (χ0v) is 15.9. The van der Waals surface area contributed by atoms with Crippen LogP contribution in [-0.4, -0.2) is 27.4 Å². The van der Waals surface area contributed by atoms with Crippen LogP contribution in [0.1, 0.15) is 21.5 Å². The standard InChI is InChI=1S/C17H19BrN2O3S/c1-12-6-7-16(10-13(12)2)24(22,23)20-9-8-19-17(21)14-4-3-5-15(18)11-14/h3-7,10-11,20H,8-9H2,1-2H3,(H,19,21). The lowest BCUT2D eigenvalue weighted by Gasteiger charge is -2.09. The van der Waals surface area contributed by atoms with E-state index in [0.717, 1.165) is 15.6 Å². The van der Waals surface area contributed by atoms with Gasteiger partial charge in [-0.2, -0.15) is 0 Å². The van der Waals surface area contributed by atoms with Crippen LogP contribution in [0.5, 0.6) is 0 Å². The Kier molecular flexibility index (Phi) is 6.15. The maximum absolute atomic E-state index is 12.2. The van der Waals surface area contributed by atoms with Gasteiger partial charge in [0.2, 0.25) is 10.0 Å². The number of hydrogen-bond acceptors (Lipinski definition) is 3. The molecular formula is C17H19BrN2O3S. The zero-order valence-electron chi connectivity index (χ0n) is 13.5. The van der Waals surface area contributed by atoms with Crippen LogP contribution >= 0.6 is 15.9 Å². The number of benzene rings is 2. The van der Waals surface area contributed by atoms with E-state index in [0.29, 0.717) is 5.56 Å². The molecule has 0 aliphatic rings. The van der Waals surface area contributed by atoms with Gasteiger partial charge in [0.05, 0.1) is 4.90 Å². The lowest BCUT2D eigenvalue weighted by Crippen LogP contribution is -2.34. The highest BCUT2D eigenvalue weighted by molar-refractivity contribution is 9.10. The Morgan fingerprint density at radius 3 is 2.46 bits per heavy atom. The number of sulfonamides is 1. The van der Waals surface area contributed by atoms with E-state index in [1.165, 1.54) is 0 Å². The fourth-order valence-electron chi connectivity index (χ4n) is 2.06. The summed E-state index contributed by atoms with van der Waals surface area (Å²) < 4.78 is 27.7. The molecular weight excluding hydrogens is 392 g/mol. The van der Waals surface area contributed by atoms with E-state index in [1.807, 2.05) is 19.9 Å². The summed E-state index contributed by atoms with van der Waals surface area (Å²) in [6.07, 6.45) is 0. The van der Waals surface area contributed by atoms with Crippen molar-refractivity contribution in [3.63, 3.8) is 0 Å². The number of carbonyl (C=O) groups excluding carboxylic acids is 1. The third kappa shape index (κ3) is 4.90. The molecule has 2 rings (SSSR count). The summed E-state index contributed by atoms with van der Waals surface area (Å²) in [5, 5.41) is 2.68. The van der Waals surface area contributed by atoms with Gasteiger partial charge in [-0.1, -0.05) is 28.1 Å². The topological polar surface area (TPSA) is 75.3 Å². The summed E-state index contributed by atoms with van der Waals surface area (Å²) in [6, 6.07) is 12.0. The molecule has 0 fully saturated rings. The molecule has 7 heteroatoms. The van der Waals surface area contributed by atoms with Crippen molar-refractivity contribution >= 4 is 31.9 Å². The Hall–Kier alpha value is -1.70. The predicted molar refractivity (Wildman–Crippen MR) is 97.6 cm³/mol. The van der Waals surface area contributed by atoms with Crippen molar-refractivity contribution in [1.82, 2.24) is 10.0 Å². The molecule has 24 heavy (non-hydrogen) atoms. The Balaban J connectivity index is 1.89. The van der Waals surface area contributed by atoms with E-state index >= 15 is 0 Å². The monoisotopic (exact) mass is 410 g/mol. The van der Waals surface area contributed by atoms with Gasteiger partial charge in [-0.05, 0) is 55.3 Å². The van der Waals surface area contributed by atoms with Gasteiger partial charge in [-0.25, -0.2) is 13.1 Å². The summed E-state index contributed by atoms with van der Waals surface area (Å²) in [4.78, 5) is 12.2. The molecule has 0 unspecified atom stereocenters. The maximum atomic E-state index is 12.2. The fraction of sp³-hybridized carbons (Fsp3) is 0.235. The van der Waals surface area contributed by atoms with Crippen molar-refractivity contribution in [3.05, 3.63) is 63.6 Å². The lowest BCUT2D eigenvalue weighted by atomic mass is 10.1. The van der Waals surface area contributed by atoms with Gasteiger partial charge in [0, 0.05) is 23.1 Å². The smallest absolute Gasteiger partial charge is 0.251 e. The van der Waals surface area contributed by atoms with E-state index in [1.54, 1.807) is 36.4 Å². The first-order valence-electron chi connectivity index (χ1n) is 7.40. The number of hydrogen-bond donors (Lipinski definition) is 2.